The Morgan fingerprint density at radius 3 is 3.00 bits per heavy atom. The predicted octanol–water partition coefficient (Wildman–Crippen LogP) is 2.71. The number of anilines is 1. The molecule has 1 aromatic heterocycles. The molecule has 0 radical (unpaired) electrons. The summed E-state index contributed by atoms with van der Waals surface area (Å²) < 4.78 is 13.5. The summed E-state index contributed by atoms with van der Waals surface area (Å²) in [5.41, 5.74) is 2.77. The van der Waals surface area contributed by atoms with E-state index in [9.17, 15) is 4.79 Å². The molecule has 0 saturated carbocycles. The maximum Gasteiger partial charge on any atom is 0.248 e. The molecule has 0 aliphatic carbocycles. The van der Waals surface area contributed by atoms with Gasteiger partial charge in [-0.25, -0.2) is 0 Å². The molecule has 1 aliphatic rings. The first-order chi connectivity index (χ1) is 12.7. The standard InChI is InChI=1S/C16H13N7O2S/c1-25-11-5-2-4-10(8-11)16-18-22-23(19-16)9-14(24)17-12-6-3-7-13-15(12)21-26-20-13/h2-8H,9H2,1H3,(H,17,24). The molecule has 0 unspecified atom stereocenters. The summed E-state index contributed by atoms with van der Waals surface area (Å²) in [6.07, 6.45) is 0. The number of tetrazole rings is 1. The van der Waals surface area contributed by atoms with Gasteiger partial charge in [0.15, 0.2) is 0 Å². The van der Waals surface area contributed by atoms with Crippen LogP contribution in [-0.2, 0) is 22.7 Å². The zero-order valence-corrected chi connectivity index (χ0v) is 14.5. The smallest absolute Gasteiger partial charge is 0.248 e. The van der Waals surface area contributed by atoms with E-state index in [4.69, 9.17) is 4.74 Å². The van der Waals surface area contributed by atoms with E-state index >= 15 is 0 Å². The minimum absolute atomic E-state index is 0.0646. The zero-order chi connectivity index (χ0) is 17.9. The van der Waals surface area contributed by atoms with E-state index in [1.54, 1.807) is 19.2 Å². The van der Waals surface area contributed by atoms with Gasteiger partial charge in [0.25, 0.3) is 0 Å². The van der Waals surface area contributed by atoms with Crippen LogP contribution in [0.2, 0.25) is 0 Å². The highest BCUT2D eigenvalue weighted by molar-refractivity contribution is 7.58. The Kier molecular flexibility index (Phi) is 4.23. The lowest BCUT2D eigenvalue weighted by molar-refractivity contribution is -0.117. The van der Waals surface area contributed by atoms with Gasteiger partial charge in [0, 0.05) is 5.56 Å². The van der Waals surface area contributed by atoms with Crippen molar-refractivity contribution in [2.45, 2.75) is 6.54 Å². The summed E-state index contributed by atoms with van der Waals surface area (Å²) in [6.45, 7) is -0.0646. The van der Waals surface area contributed by atoms with E-state index in [0.717, 1.165) is 22.6 Å². The maximum absolute atomic E-state index is 12.3. The summed E-state index contributed by atoms with van der Waals surface area (Å²) in [5.74, 6) is 0.837. The fourth-order valence-corrected chi connectivity index (χ4v) is 2.96. The normalized spacial score (nSPS) is 11.7. The van der Waals surface area contributed by atoms with Gasteiger partial charge in [0.2, 0.25) is 11.7 Å². The molecule has 9 nitrogen and oxygen atoms in total. The molecule has 0 atom stereocenters. The molecular weight excluding hydrogens is 354 g/mol. The third-order valence-electron chi connectivity index (χ3n) is 3.63. The molecule has 2 heterocycles. The first-order valence-electron chi connectivity index (χ1n) is 7.66. The second-order valence-corrected chi connectivity index (χ2v) is 5.89. The lowest BCUT2D eigenvalue weighted by atomic mass is 10.2. The van der Waals surface area contributed by atoms with Crippen LogP contribution in [0, 0.1) is 0 Å². The Morgan fingerprint density at radius 2 is 2.12 bits per heavy atom. The fraction of sp³-hybridized carbons (Fsp3) is 0.125. The van der Waals surface area contributed by atoms with E-state index in [0.29, 0.717) is 22.9 Å². The van der Waals surface area contributed by atoms with E-state index in [-0.39, 0.29) is 12.5 Å². The number of amides is 1. The van der Waals surface area contributed by atoms with Crippen molar-refractivity contribution >= 4 is 34.3 Å². The lowest BCUT2D eigenvalue weighted by Gasteiger charge is -2.06. The Balaban J connectivity index is 1.47. The van der Waals surface area contributed by atoms with Crippen molar-refractivity contribution in [2.75, 3.05) is 12.4 Å². The first kappa shape index (κ1) is 16.1. The molecule has 26 heavy (non-hydrogen) atoms. The molecule has 1 N–H and O–H groups in total. The minimum Gasteiger partial charge on any atom is -0.497 e. The summed E-state index contributed by atoms with van der Waals surface area (Å²) in [4.78, 5) is 13.5. The van der Waals surface area contributed by atoms with Crippen LogP contribution in [0.15, 0.2) is 51.2 Å². The number of benzene rings is 2. The Hall–Kier alpha value is -3.40. The second-order valence-electron chi connectivity index (χ2n) is 5.36. The van der Waals surface area contributed by atoms with Crippen LogP contribution in [0.25, 0.3) is 11.4 Å². The number of hydrogen-bond acceptors (Lipinski definition) is 7. The van der Waals surface area contributed by atoms with Crippen molar-refractivity contribution in [2.24, 2.45) is 8.73 Å². The van der Waals surface area contributed by atoms with Crippen LogP contribution in [0.3, 0.4) is 0 Å². The maximum atomic E-state index is 12.3. The Labute approximate surface area is 151 Å². The van der Waals surface area contributed by atoms with E-state index in [1.807, 2.05) is 30.3 Å². The fourth-order valence-electron chi connectivity index (χ4n) is 2.41. The average molecular weight is 367 g/mol. The zero-order valence-electron chi connectivity index (χ0n) is 13.7. The number of hydrogen-bond donors (Lipinski definition) is 1. The van der Waals surface area contributed by atoms with Gasteiger partial charge in [-0.3, -0.25) is 4.79 Å². The van der Waals surface area contributed by atoms with Gasteiger partial charge in [0.1, 0.15) is 23.7 Å². The monoisotopic (exact) mass is 367 g/mol. The largest absolute Gasteiger partial charge is 0.497 e. The highest BCUT2D eigenvalue weighted by Gasteiger charge is 2.14. The molecule has 3 aromatic rings. The number of aromatic nitrogens is 4. The number of nitrogens with zero attached hydrogens (tertiary/aromatic N) is 6. The topological polar surface area (TPSA) is 107 Å². The van der Waals surface area contributed by atoms with Crippen molar-refractivity contribution in [1.82, 2.24) is 20.2 Å². The molecule has 0 fully saturated rings. The Morgan fingerprint density at radius 1 is 1.23 bits per heavy atom. The minimum atomic E-state index is -0.278. The molecule has 4 rings (SSSR count). The summed E-state index contributed by atoms with van der Waals surface area (Å²) in [7, 11) is 1.59. The predicted molar refractivity (Wildman–Crippen MR) is 96.4 cm³/mol. The molecular formula is C16H13N7O2S. The number of ether oxygens (including phenoxy) is 1. The van der Waals surface area contributed by atoms with Crippen LogP contribution in [0.1, 0.15) is 0 Å². The average Bonchev–Trinajstić information content (AvgIpc) is 3.31. The number of nitrogens with one attached hydrogen (secondary N) is 1. The van der Waals surface area contributed by atoms with Crippen molar-refractivity contribution < 1.29 is 9.53 Å². The third kappa shape index (κ3) is 3.22. The van der Waals surface area contributed by atoms with Gasteiger partial charge < -0.3 is 10.1 Å². The number of methoxy groups -OCH3 is 1. The second kappa shape index (κ2) is 6.84. The van der Waals surface area contributed by atoms with Gasteiger partial charge in [-0.1, -0.05) is 18.2 Å². The van der Waals surface area contributed by atoms with Gasteiger partial charge in [-0.15, -0.1) is 10.2 Å². The molecule has 0 bridgehead atoms. The number of fused-ring (bicyclic) bond motifs is 1. The van der Waals surface area contributed by atoms with Gasteiger partial charge >= 0.3 is 0 Å². The van der Waals surface area contributed by atoms with Gasteiger partial charge in [-0.05, 0) is 29.5 Å². The lowest BCUT2D eigenvalue weighted by Crippen LogP contribution is -2.20. The van der Waals surface area contributed by atoms with Gasteiger partial charge in [-0.2, -0.15) is 13.5 Å². The summed E-state index contributed by atoms with van der Waals surface area (Å²) in [6, 6.07) is 12.7. The van der Waals surface area contributed by atoms with Gasteiger partial charge in [0.05, 0.1) is 24.2 Å². The van der Waals surface area contributed by atoms with Crippen LogP contribution in [0.5, 0.6) is 5.75 Å². The molecule has 1 aliphatic heterocycles. The van der Waals surface area contributed by atoms with Crippen LogP contribution >= 0.6 is 0 Å². The first-order valence-corrected chi connectivity index (χ1v) is 8.39. The highest BCUT2D eigenvalue weighted by Crippen LogP contribution is 2.38. The molecule has 0 spiro atoms. The SMILES string of the molecule is COc1cccc(-c2nnn(CC(=O)Nc3cccc4c3N=S=N4)n2)c1. The van der Waals surface area contributed by atoms with Crippen LogP contribution in [0.4, 0.5) is 17.1 Å². The van der Waals surface area contributed by atoms with Crippen molar-refractivity contribution in [3.63, 3.8) is 0 Å². The van der Waals surface area contributed by atoms with Crippen LogP contribution < -0.4 is 10.1 Å². The molecule has 2 aromatic carbocycles. The van der Waals surface area contributed by atoms with Crippen molar-refractivity contribution in [3.8, 4) is 17.1 Å². The molecule has 10 heteroatoms. The quantitative estimate of drug-likeness (QED) is 0.584. The van der Waals surface area contributed by atoms with Crippen molar-refractivity contribution in [3.05, 3.63) is 42.5 Å². The Bertz CT molecular complexity index is 1060. The molecule has 0 saturated heterocycles. The number of rotatable bonds is 5. The summed E-state index contributed by atoms with van der Waals surface area (Å²) in [5, 5.41) is 15.0. The van der Waals surface area contributed by atoms with E-state index in [2.05, 4.69) is 29.5 Å². The molecule has 1 amide bonds. The van der Waals surface area contributed by atoms with Crippen LogP contribution in [-0.4, -0.2) is 33.2 Å². The molecule has 130 valence electrons. The van der Waals surface area contributed by atoms with E-state index in [1.165, 1.54) is 4.80 Å². The highest BCUT2D eigenvalue weighted by atomic mass is 32.1. The number of carbonyl (C=O) groups excluding carboxylic acids is 1. The summed E-state index contributed by atoms with van der Waals surface area (Å²) >= 11 is 1.10. The van der Waals surface area contributed by atoms with Crippen molar-refractivity contribution in [1.29, 1.82) is 0 Å². The third-order valence-corrected chi connectivity index (χ3v) is 4.17. The number of carbonyl (C=O) groups is 1. The van der Waals surface area contributed by atoms with E-state index < -0.39 is 0 Å².